The minimum atomic E-state index is -0.593. The van der Waals surface area contributed by atoms with Crippen LogP contribution in [0.5, 0.6) is 0 Å². The van der Waals surface area contributed by atoms with Gasteiger partial charge < -0.3 is 10.2 Å². The Hall–Kier alpha value is -2.69. The van der Waals surface area contributed by atoms with Gasteiger partial charge in [0.15, 0.2) is 0 Å². The van der Waals surface area contributed by atoms with E-state index < -0.39 is 11.9 Å². The molecule has 0 aliphatic carbocycles. The number of hydrogen-bond donors (Lipinski definition) is 2. The molecular formula is C20H22N4O3. The molecule has 3 aliphatic rings. The van der Waals surface area contributed by atoms with Crippen LogP contribution in [0.1, 0.15) is 34.3 Å². The van der Waals surface area contributed by atoms with E-state index in [1.54, 1.807) is 11.0 Å². The van der Waals surface area contributed by atoms with Crippen molar-refractivity contribution in [2.75, 3.05) is 32.7 Å². The molecule has 3 aliphatic heterocycles. The highest BCUT2D eigenvalue weighted by Gasteiger charge is 2.39. The van der Waals surface area contributed by atoms with Crippen molar-refractivity contribution >= 4 is 17.7 Å². The van der Waals surface area contributed by atoms with Gasteiger partial charge in [-0.2, -0.15) is 0 Å². The van der Waals surface area contributed by atoms with Crippen LogP contribution in [0, 0.1) is 11.8 Å². The number of imide groups is 1. The van der Waals surface area contributed by atoms with E-state index in [2.05, 4.69) is 27.4 Å². The Labute approximate surface area is 158 Å². The average molecular weight is 366 g/mol. The highest BCUT2D eigenvalue weighted by atomic mass is 16.2. The van der Waals surface area contributed by atoms with Crippen LogP contribution in [-0.4, -0.2) is 66.3 Å². The van der Waals surface area contributed by atoms with Crippen LogP contribution < -0.4 is 10.6 Å². The number of carbonyl (C=O) groups excluding carboxylic acids is 3. The van der Waals surface area contributed by atoms with Gasteiger partial charge in [0.1, 0.15) is 6.04 Å². The maximum absolute atomic E-state index is 12.8. The average Bonchev–Trinajstić information content (AvgIpc) is 3.00. The van der Waals surface area contributed by atoms with Crippen LogP contribution in [0.3, 0.4) is 0 Å². The fraction of sp³-hybridized carbons (Fsp3) is 0.450. The molecule has 2 saturated heterocycles. The summed E-state index contributed by atoms with van der Waals surface area (Å²) in [5.74, 6) is 5.60. The lowest BCUT2D eigenvalue weighted by Crippen LogP contribution is -2.52. The Balaban J connectivity index is 1.51. The van der Waals surface area contributed by atoms with Crippen LogP contribution in [0.2, 0.25) is 0 Å². The van der Waals surface area contributed by atoms with Gasteiger partial charge >= 0.3 is 0 Å². The first-order valence-electron chi connectivity index (χ1n) is 9.32. The lowest BCUT2D eigenvalue weighted by Gasteiger charge is -2.29. The summed E-state index contributed by atoms with van der Waals surface area (Å²) in [5, 5.41) is 5.65. The molecule has 7 heteroatoms. The summed E-state index contributed by atoms with van der Waals surface area (Å²) >= 11 is 0. The fourth-order valence-electron chi connectivity index (χ4n) is 3.82. The van der Waals surface area contributed by atoms with Crippen LogP contribution in [-0.2, 0) is 16.1 Å². The van der Waals surface area contributed by atoms with E-state index in [-0.39, 0.29) is 18.2 Å². The van der Waals surface area contributed by atoms with Gasteiger partial charge in [-0.15, -0.1) is 0 Å². The maximum atomic E-state index is 12.8. The van der Waals surface area contributed by atoms with Gasteiger partial charge in [0, 0.05) is 50.3 Å². The molecule has 0 saturated carbocycles. The Bertz CT molecular complexity index is 849. The van der Waals surface area contributed by atoms with Crippen LogP contribution in [0.15, 0.2) is 18.2 Å². The molecular weight excluding hydrogens is 344 g/mol. The molecule has 2 N–H and O–H groups in total. The summed E-state index contributed by atoms with van der Waals surface area (Å²) in [4.78, 5) is 40.2. The Morgan fingerprint density at radius 2 is 1.96 bits per heavy atom. The number of fused-ring (bicyclic) bond motifs is 1. The molecule has 0 spiro atoms. The number of rotatable bonds is 2. The number of benzene rings is 1. The monoisotopic (exact) mass is 366 g/mol. The molecule has 140 valence electrons. The van der Waals surface area contributed by atoms with Gasteiger partial charge in [0.2, 0.25) is 11.8 Å². The molecule has 1 unspecified atom stereocenters. The first-order valence-corrected chi connectivity index (χ1v) is 9.32. The van der Waals surface area contributed by atoms with Gasteiger partial charge in [0.25, 0.3) is 5.91 Å². The highest BCUT2D eigenvalue weighted by Crippen LogP contribution is 2.29. The molecule has 0 bridgehead atoms. The Morgan fingerprint density at radius 1 is 1.15 bits per heavy atom. The smallest absolute Gasteiger partial charge is 0.255 e. The molecule has 1 atom stereocenters. The maximum Gasteiger partial charge on any atom is 0.255 e. The van der Waals surface area contributed by atoms with E-state index in [1.165, 1.54) is 0 Å². The summed E-state index contributed by atoms with van der Waals surface area (Å²) in [5.41, 5.74) is 2.32. The minimum Gasteiger partial charge on any atom is -0.322 e. The second kappa shape index (κ2) is 7.51. The number of nitrogens with zero attached hydrogens (tertiary/aromatic N) is 2. The first-order chi connectivity index (χ1) is 13.1. The standard InChI is InChI=1S/C20H22N4O3/c25-18-7-6-17(19(26)22-18)24-13-16-14(3-1-5-15(16)20(24)27)4-2-10-23-11-8-21-9-12-23/h1,3,5,17,21H,6-13H2,(H,22,25,26). The zero-order valence-corrected chi connectivity index (χ0v) is 15.1. The van der Waals surface area contributed by atoms with Gasteiger partial charge in [-0.25, -0.2) is 0 Å². The van der Waals surface area contributed by atoms with Crippen molar-refractivity contribution in [2.24, 2.45) is 0 Å². The molecule has 3 amide bonds. The molecule has 1 aromatic carbocycles. The number of piperidine rings is 1. The van der Waals surface area contributed by atoms with E-state index in [0.717, 1.165) is 37.3 Å². The van der Waals surface area contributed by atoms with E-state index in [9.17, 15) is 14.4 Å². The number of piperazine rings is 1. The third kappa shape index (κ3) is 3.59. The molecule has 1 aromatic rings. The normalized spacial score (nSPS) is 22.9. The molecule has 27 heavy (non-hydrogen) atoms. The number of carbonyl (C=O) groups is 3. The summed E-state index contributed by atoms with van der Waals surface area (Å²) < 4.78 is 0. The van der Waals surface area contributed by atoms with Crippen LogP contribution in [0.25, 0.3) is 0 Å². The lowest BCUT2D eigenvalue weighted by molar-refractivity contribution is -0.136. The second-order valence-corrected chi connectivity index (χ2v) is 7.06. The summed E-state index contributed by atoms with van der Waals surface area (Å²) in [7, 11) is 0. The molecule has 7 nitrogen and oxygen atoms in total. The Morgan fingerprint density at radius 3 is 2.74 bits per heavy atom. The van der Waals surface area contributed by atoms with Crippen molar-refractivity contribution in [1.29, 1.82) is 0 Å². The third-order valence-electron chi connectivity index (χ3n) is 5.32. The summed E-state index contributed by atoms with van der Waals surface area (Å²) in [6.45, 7) is 5.01. The fourth-order valence-corrected chi connectivity index (χ4v) is 3.82. The molecule has 0 radical (unpaired) electrons. The van der Waals surface area contributed by atoms with Gasteiger partial charge in [-0.05, 0) is 24.1 Å². The lowest BCUT2D eigenvalue weighted by atomic mass is 10.0. The first kappa shape index (κ1) is 17.7. The van der Waals surface area contributed by atoms with Gasteiger partial charge in [0.05, 0.1) is 6.54 Å². The van der Waals surface area contributed by atoms with E-state index >= 15 is 0 Å². The van der Waals surface area contributed by atoms with Crippen molar-refractivity contribution in [3.8, 4) is 11.8 Å². The van der Waals surface area contributed by atoms with Gasteiger partial charge in [-0.1, -0.05) is 17.9 Å². The quantitative estimate of drug-likeness (QED) is 0.555. The number of amides is 3. The zero-order valence-electron chi connectivity index (χ0n) is 15.1. The topological polar surface area (TPSA) is 81.8 Å². The van der Waals surface area contributed by atoms with Crippen LogP contribution in [0.4, 0.5) is 0 Å². The SMILES string of the molecule is O=C1CCC(N2Cc3c(C#CCN4CCNCC4)cccc3C2=O)C(=O)N1. The number of hydrogen-bond acceptors (Lipinski definition) is 5. The summed E-state index contributed by atoms with van der Waals surface area (Å²) in [6, 6.07) is 4.94. The van der Waals surface area contributed by atoms with Crippen molar-refractivity contribution in [3.63, 3.8) is 0 Å². The minimum absolute atomic E-state index is 0.162. The van der Waals surface area contributed by atoms with Crippen molar-refractivity contribution < 1.29 is 14.4 Å². The predicted octanol–water partition coefficient (Wildman–Crippen LogP) is -0.296. The van der Waals surface area contributed by atoms with E-state index in [0.29, 0.717) is 25.1 Å². The van der Waals surface area contributed by atoms with Crippen molar-refractivity contribution in [1.82, 2.24) is 20.4 Å². The summed E-state index contributed by atoms with van der Waals surface area (Å²) in [6.07, 6.45) is 0.627. The van der Waals surface area contributed by atoms with Crippen molar-refractivity contribution in [3.05, 3.63) is 34.9 Å². The number of nitrogens with one attached hydrogen (secondary N) is 2. The van der Waals surface area contributed by atoms with E-state index in [1.807, 2.05) is 12.1 Å². The predicted molar refractivity (Wildman–Crippen MR) is 98.7 cm³/mol. The second-order valence-electron chi connectivity index (χ2n) is 7.06. The largest absolute Gasteiger partial charge is 0.322 e. The van der Waals surface area contributed by atoms with E-state index in [4.69, 9.17) is 0 Å². The third-order valence-corrected chi connectivity index (χ3v) is 5.32. The zero-order chi connectivity index (χ0) is 18.8. The van der Waals surface area contributed by atoms with Gasteiger partial charge in [-0.3, -0.25) is 24.6 Å². The highest BCUT2D eigenvalue weighted by molar-refractivity contribution is 6.05. The molecule has 4 rings (SSSR count). The van der Waals surface area contributed by atoms with Crippen molar-refractivity contribution in [2.45, 2.75) is 25.4 Å². The Kier molecular flexibility index (Phi) is 4.92. The molecule has 3 heterocycles. The van der Waals surface area contributed by atoms with Crippen LogP contribution >= 0.6 is 0 Å². The molecule has 2 fully saturated rings. The molecule has 0 aromatic heterocycles.